The molecular formula is C8H17FIN2-. The third-order valence-electron chi connectivity index (χ3n) is 2.36. The summed E-state index contributed by atoms with van der Waals surface area (Å²) >= 11 is 0.0946. The first-order chi connectivity index (χ1) is 5.65. The summed E-state index contributed by atoms with van der Waals surface area (Å²) in [5.41, 5.74) is 0. The quantitative estimate of drug-likeness (QED) is 0.317. The zero-order valence-electron chi connectivity index (χ0n) is 7.93. The van der Waals surface area contributed by atoms with E-state index in [0.29, 0.717) is 6.54 Å². The third kappa shape index (κ3) is 2.53. The summed E-state index contributed by atoms with van der Waals surface area (Å²) in [7, 11) is 3.93. The second-order valence-electron chi connectivity index (χ2n) is 3.37. The first-order valence-electron chi connectivity index (χ1n) is 4.20. The Balaban J connectivity index is 2.42. The van der Waals surface area contributed by atoms with Gasteiger partial charge in [-0.05, 0) is 0 Å². The molecule has 1 fully saturated rings. The van der Waals surface area contributed by atoms with Crippen LogP contribution in [0.5, 0.6) is 0 Å². The van der Waals surface area contributed by atoms with Gasteiger partial charge in [0.05, 0.1) is 0 Å². The zero-order valence-corrected chi connectivity index (χ0v) is 10.1. The predicted molar refractivity (Wildman–Crippen MR) is 44.5 cm³/mol. The fourth-order valence-electron chi connectivity index (χ4n) is 1.59. The molecule has 0 aromatic carbocycles. The number of hydrogen-bond acceptors (Lipinski definition) is 2. The molecule has 1 aliphatic rings. The summed E-state index contributed by atoms with van der Waals surface area (Å²) in [4.78, 5) is 4.21. The van der Waals surface area contributed by atoms with Crippen LogP contribution in [-0.2, 0) is 0 Å². The molecule has 1 aliphatic heterocycles. The van der Waals surface area contributed by atoms with Crippen molar-refractivity contribution in [2.24, 2.45) is 0 Å². The number of piperidine rings is 1. The number of hydrogen-bond donors (Lipinski definition) is 0. The van der Waals surface area contributed by atoms with Crippen LogP contribution >= 0.6 is 0 Å². The molecule has 0 aliphatic carbocycles. The van der Waals surface area contributed by atoms with E-state index in [1.165, 1.54) is 0 Å². The van der Waals surface area contributed by atoms with Gasteiger partial charge < -0.3 is 0 Å². The number of nitrogens with zero attached hydrogens (tertiary/aromatic N) is 2. The van der Waals surface area contributed by atoms with E-state index in [1.807, 2.05) is 19.0 Å². The van der Waals surface area contributed by atoms with Gasteiger partial charge in [-0.3, -0.25) is 0 Å². The predicted octanol–water partition coefficient (Wildman–Crippen LogP) is -2.41. The maximum atomic E-state index is 13.5. The minimum absolute atomic E-state index is 0.0946. The molecule has 0 aromatic heterocycles. The van der Waals surface area contributed by atoms with Crippen LogP contribution in [0, 0.1) is 0 Å². The van der Waals surface area contributed by atoms with Crippen LogP contribution in [0.25, 0.3) is 0 Å². The van der Waals surface area contributed by atoms with Crippen LogP contribution in [0.4, 0.5) is 4.39 Å². The normalized spacial score (nSPS) is 33.1. The Morgan fingerprint density at radius 2 is 2.17 bits per heavy atom. The van der Waals surface area contributed by atoms with Gasteiger partial charge in [0.15, 0.2) is 0 Å². The molecule has 2 unspecified atom stereocenters. The summed E-state index contributed by atoms with van der Waals surface area (Å²) in [6, 6.07) is 0.150. The van der Waals surface area contributed by atoms with Crippen molar-refractivity contribution in [3.05, 3.63) is 0 Å². The molecule has 74 valence electrons. The van der Waals surface area contributed by atoms with Gasteiger partial charge in [-0.15, -0.1) is 0 Å². The summed E-state index contributed by atoms with van der Waals surface area (Å²) in [5, 5.41) is 0. The topological polar surface area (TPSA) is 6.48 Å². The molecule has 0 aromatic rings. The molecule has 2 atom stereocenters. The van der Waals surface area contributed by atoms with Gasteiger partial charge in [0.25, 0.3) is 0 Å². The molecule has 0 amide bonds. The molecule has 0 N–H and O–H groups in total. The summed E-state index contributed by atoms with van der Waals surface area (Å²) in [6.07, 6.45) is 0.343. The average Bonchev–Trinajstić information content (AvgIpc) is 2.03. The second kappa shape index (κ2) is 4.72. The van der Waals surface area contributed by atoms with Gasteiger partial charge in [-0.2, -0.15) is 0 Å². The zero-order chi connectivity index (χ0) is 9.14. The fraction of sp³-hybridized carbons (Fsp3) is 1.00. The molecule has 2 nitrogen and oxygen atoms in total. The molecule has 0 spiro atoms. The summed E-state index contributed by atoms with van der Waals surface area (Å²) in [5.74, 6) is 0. The van der Waals surface area contributed by atoms with Crippen molar-refractivity contribution in [2.45, 2.75) is 18.6 Å². The molecule has 4 heteroatoms. The van der Waals surface area contributed by atoms with Crippen molar-refractivity contribution < 1.29 is 25.9 Å². The van der Waals surface area contributed by atoms with E-state index < -0.39 is 6.17 Å². The monoisotopic (exact) mass is 287 g/mol. The standard InChI is InChI=1S/C8H17FIN2/c1-10-12-5-4-8(11(2)3)7(9)6-12/h7-8H,4-6H2,1-3H3/q-1. The molecule has 12 heavy (non-hydrogen) atoms. The second-order valence-corrected chi connectivity index (χ2v) is 5.70. The van der Waals surface area contributed by atoms with E-state index in [1.54, 1.807) is 0 Å². The molecule has 0 saturated carbocycles. The molecule has 0 bridgehead atoms. The van der Waals surface area contributed by atoms with Gasteiger partial charge in [0.2, 0.25) is 0 Å². The van der Waals surface area contributed by atoms with Crippen LogP contribution in [0.2, 0.25) is 0 Å². The Kier molecular flexibility index (Phi) is 4.19. The van der Waals surface area contributed by atoms with Gasteiger partial charge >= 0.3 is 84.6 Å². The van der Waals surface area contributed by atoms with Crippen molar-refractivity contribution in [3.63, 3.8) is 0 Å². The molecule has 1 heterocycles. The Bertz CT molecular complexity index is 143. The third-order valence-corrected chi connectivity index (χ3v) is 4.60. The van der Waals surface area contributed by atoms with E-state index in [9.17, 15) is 4.39 Å². The van der Waals surface area contributed by atoms with Crippen LogP contribution in [-0.4, -0.2) is 52.3 Å². The number of halogens is 2. The van der Waals surface area contributed by atoms with Crippen molar-refractivity contribution in [1.82, 2.24) is 8.01 Å². The molecule has 1 rings (SSSR count). The average molecular weight is 287 g/mol. The summed E-state index contributed by atoms with van der Waals surface area (Å²) < 4.78 is 15.8. The van der Waals surface area contributed by atoms with E-state index >= 15 is 0 Å². The van der Waals surface area contributed by atoms with E-state index in [2.05, 4.69) is 8.04 Å². The first kappa shape index (κ1) is 10.7. The van der Waals surface area contributed by atoms with Crippen molar-refractivity contribution in [2.75, 3.05) is 32.1 Å². The Hall–Kier alpha value is 0.580. The Morgan fingerprint density at radius 3 is 2.58 bits per heavy atom. The molecular weight excluding hydrogens is 270 g/mol. The van der Waals surface area contributed by atoms with Crippen molar-refractivity contribution in [1.29, 1.82) is 0 Å². The van der Waals surface area contributed by atoms with Crippen LogP contribution in [0.1, 0.15) is 6.42 Å². The van der Waals surface area contributed by atoms with Gasteiger partial charge in [-0.25, -0.2) is 0 Å². The molecule has 1 saturated heterocycles. The van der Waals surface area contributed by atoms with Gasteiger partial charge in [0.1, 0.15) is 0 Å². The SMILES string of the molecule is C[I-]N1CCC(N(C)C)C(F)C1. The Labute approximate surface area is 84.7 Å². The number of alkyl halides is 2. The minimum atomic E-state index is -0.645. The van der Waals surface area contributed by atoms with Crippen molar-refractivity contribution >= 4 is 0 Å². The van der Waals surface area contributed by atoms with E-state index in [4.69, 9.17) is 0 Å². The maximum absolute atomic E-state index is 13.5. The van der Waals surface area contributed by atoms with Crippen molar-refractivity contribution in [3.8, 4) is 0 Å². The summed E-state index contributed by atoms with van der Waals surface area (Å²) in [6.45, 7) is 1.75. The number of rotatable bonds is 2. The van der Waals surface area contributed by atoms with E-state index in [0.717, 1.165) is 13.0 Å². The van der Waals surface area contributed by atoms with Crippen LogP contribution in [0.3, 0.4) is 0 Å². The van der Waals surface area contributed by atoms with Gasteiger partial charge in [0, 0.05) is 0 Å². The Morgan fingerprint density at radius 1 is 1.50 bits per heavy atom. The van der Waals surface area contributed by atoms with Gasteiger partial charge in [-0.1, -0.05) is 0 Å². The van der Waals surface area contributed by atoms with E-state index in [-0.39, 0.29) is 27.5 Å². The first-order valence-corrected chi connectivity index (χ1v) is 7.32. The van der Waals surface area contributed by atoms with Crippen LogP contribution in [0.15, 0.2) is 0 Å². The van der Waals surface area contributed by atoms with Crippen LogP contribution < -0.4 is 21.5 Å². The molecule has 0 radical (unpaired) electrons. The fourth-order valence-corrected chi connectivity index (χ4v) is 3.12.